The average Bonchev–Trinajstić information content (AvgIpc) is 3.03. The summed E-state index contributed by atoms with van der Waals surface area (Å²) in [7, 11) is 0. The van der Waals surface area contributed by atoms with E-state index in [0.717, 1.165) is 30.0 Å². The smallest absolute Gasteiger partial charge is 0.156 e. The molecule has 1 aliphatic heterocycles. The molecule has 5 heteroatoms. The Hall–Kier alpha value is -1.65. The van der Waals surface area contributed by atoms with Crippen molar-refractivity contribution in [2.45, 2.75) is 38.3 Å². The molecule has 2 aliphatic rings. The second kappa shape index (κ2) is 8.00. The van der Waals surface area contributed by atoms with E-state index in [0.29, 0.717) is 5.02 Å². The molecule has 2 aromatic carbocycles. The van der Waals surface area contributed by atoms with Crippen molar-refractivity contribution in [1.29, 1.82) is 0 Å². The van der Waals surface area contributed by atoms with Gasteiger partial charge in [-0.05, 0) is 71.9 Å². The molecule has 146 valence electrons. The highest BCUT2D eigenvalue weighted by Crippen LogP contribution is 2.42. The van der Waals surface area contributed by atoms with Crippen LogP contribution >= 0.6 is 23.2 Å². The van der Waals surface area contributed by atoms with Gasteiger partial charge in [-0.2, -0.15) is 0 Å². The van der Waals surface area contributed by atoms with Gasteiger partial charge in [0.2, 0.25) is 0 Å². The number of hydrogen-bond donors (Lipinski definition) is 1. The maximum atomic E-state index is 13.0. The van der Waals surface area contributed by atoms with Crippen molar-refractivity contribution in [1.82, 2.24) is 4.90 Å². The van der Waals surface area contributed by atoms with Crippen LogP contribution in [0.3, 0.4) is 0 Å². The molecule has 0 saturated carbocycles. The zero-order chi connectivity index (χ0) is 19.8. The van der Waals surface area contributed by atoms with Crippen LogP contribution in [0.1, 0.15) is 30.0 Å². The van der Waals surface area contributed by atoms with Crippen LogP contribution in [-0.2, 0) is 17.6 Å². The van der Waals surface area contributed by atoms with E-state index in [9.17, 15) is 9.90 Å². The highest BCUT2D eigenvalue weighted by atomic mass is 35.5. The Balaban J connectivity index is 1.54. The molecule has 3 nitrogen and oxygen atoms in total. The molecule has 0 bridgehead atoms. The van der Waals surface area contributed by atoms with E-state index in [1.165, 1.54) is 22.3 Å². The van der Waals surface area contributed by atoms with Crippen molar-refractivity contribution >= 4 is 34.6 Å². The van der Waals surface area contributed by atoms with Crippen molar-refractivity contribution in [2.24, 2.45) is 0 Å². The molecule has 4 rings (SSSR count). The number of rotatable bonds is 5. The fraction of sp³-hybridized carbons (Fsp3) is 0.348. The minimum Gasteiger partial charge on any atom is -0.394 e. The van der Waals surface area contributed by atoms with Gasteiger partial charge in [0, 0.05) is 29.1 Å². The highest BCUT2D eigenvalue weighted by Gasteiger charge is 2.37. The lowest BCUT2D eigenvalue weighted by molar-refractivity contribution is -0.125. The van der Waals surface area contributed by atoms with E-state index < -0.39 is 6.04 Å². The summed E-state index contributed by atoms with van der Waals surface area (Å²) in [5.41, 5.74) is 6.13. The van der Waals surface area contributed by atoms with Crippen LogP contribution < -0.4 is 0 Å². The number of aliphatic hydroxyl groups is 1. The maximum Gasteiger partial charge on any atom is 0.156 e. The lowest BCUT2D eigenvalue weighted by Gasteiger charge is -2.39. The van der Waals surface area contributed by atoms with E-state index in [1.54, 1.807) is 6.07 Å². The van der Waals surface area contributed by atoms with E-state index in [1.807, 2.05) is 24.3 Å². The summed E-state index contributed by atoms with van der Waals surface area (Å²) in [6, 6.07) is 13.0. The highest BCUT2D eigenvalue weighted by molar-refractivity contribution is 6.31. The van der Waals surface area contributed by atoms with E-state index >= 15 is 0 Å². The lowest BCUT2D eigenvalue weighted by atomic mass is 9.91. The first-order valence-electron chi connectivity index (χ1n) is 9.62. The zero-order valence-electron chi connectivity index (χ0n) is 15.8. The number of fused-ring (bicyclic) bond motifs is 2. The quantitative estimate of drug-likeness (QED) is 0.777. The molecular formula is C23H23Cl2NO2. The Bertz CT molecular complexity index is 953. The molecule has 0 saturated heterocycles. The molecule has 0 amide bonds. The molecular weight excluding hydrogens is 393 g/mol. The predicted octanol–water partition coefficient (Wildman–Crippen LogP) is 4.57. The third-order valence-corrected chi connectivity index (χ3v) is 6.47. The van der Waals surface area contributed by atoms with Crippen molar-refractivity contribution in [3.05, 3.63) is 74.8 Å². The molecule has 0 radical (unpaired) electrons. The summed E-state index contributed by atoms with van der Waals surface area (Å²) in [6.07, 6.45) is 2.03. The van der Waals surface area contributed by atoms with Gasteiger partial charge in [-0.3, -0.25) is 9.69 Å². The number of hydrogen-bond acceptors (Lipinski definition) is 3. The maximum absolute atomic E-state index is 13.0. The third-order valence-electron chi connectivity index (χ3n) is 6.00. The molecule has 28 heavy (non-hydrogen) atoms. The Kier molecular flexibility index (Phi) is 5.62. The first kappa shape index (κ1) is 19.7. The lowest BCUT2D eigenvalue weighted by Crippen LogP contribution is -2.51. The summed E-state index contributed by atoms with van der Waals surface area (Å²) < 4.78 is 0. The molecule has 2 unspecified atom stereocenters. The van der Waals surface area contributed by atoms with Crippen LogP contribution in [0.2, 0.25) is 10.0 Å². The van der Waals surface area contributed by atoms with Gasteiger partial charge in [0.05, 0.1) is 12.6 Å². The van der Waals surface area contributed by atoms with Crippen LogP contribution in [0, 0.1) is 0 Å². The fourth-order valence-electron chi connectivity index (χ4n) is 4.58. The van der Waals surface area contributed by atoms with E-state index in [2.05, 4.69) is 24.0 Å². The fourth-order valence-corrected chi connectivity index (χ4v) is 4.97. The van der Waals surface area contributed by atoms with Gasteiger partial charge in [0.15, 0.2) is 5.78 Å². The third kappa shape index (κ3) is 3.65. The number of aliphatic hydroxyl groups excluding tert-OH is 1. The number of benzene rings is 2. The minimum absolute atomic E-state index is 0.0271. The number of ketones is 1. The van der Waals surface area contributed by atoms with Crippen LogP contribution in [0.5, 0.6) is 0 Å². The average molecular weight is 416 g/mol. The molecule has 1 aliphatic carbocycles. The Morgan fingerprint density at radius 2 is 2.00 bits per heavy atom. The molecule has 2 aromatic rings. The van der Waals surface area contributed by atoms with E-state index in [-0.39, 0.29) is 24.9 Å². The van der Waals surface area contributed by atoms with Gasteiger partial charge in [0.1, 0.15) is 0 Å². The first-order valence-corrected chi connectivity index (χ1v) is 10.4. The summed E-state index contributed by atoms with van der Waals surface area (Å²) in [5.74, 6) is 0.0271. The van der Waals surface area contributed by atoms with Crippen molar-refractivity contribution < 1.29 is 9.90 Å². The van der Waals surface area contributed by atoms with Crippen molar-refractivity contribution in [3.63, 3.8) is 0 Å². The largest absolute Gasteiger partial charge is 0.394 e. The monoisotopic (exact) mass is 415 g/mol. The number of nitrogens with zero attached hydrogens (tertiary/aromatic N) is 1. The van der Waals surface area contributed by atoms with Gasteiger partial charge in [-0.25, -0.2) is 0 Å². The normalized spacial score (nSPS) is 20.1. The van der Waals surface area contributed by atoms with Crippen LogP contribution in [0.15, 0.2) is 48.0 Å². The minimum atomic E-state index is -0.504. The van der Waals surface area contributed by atoms with Crippen LogP contribution in [0.25, 0.3) is 5.57 Å². The summed E-state index contributed by atoms with van der Waals surface area (Å²) >= 11 is 12.2. The van der Waals surface area contributed by atoms with Crippen molar-refractivity contribution in [3.8, 4) is 0 Å². The standard InChI is InChI=1S/C23H23Cl2NO2/c1-14-20-11-16-5-6-18(25)12-21(16)19(20)7-8-26(14)22(13-27)23(28)10-15-3-2-4-17(24)9-15/h2-6,9,12,14,22,27H,7-8,10-11,13H2,1H3. The van der Waals surface area contributed by atoms with E-state index in [4.69, 9.17) is 23.2 Å². The van der Waals surface area contributed by atoms with Gasteiger partial charge >= 0.3 is 0 Å². The molecule has 2 atom stereocenters. The van der Waals surface area contributed by atoms with Gasteiger partial charge in [-0.1, -0.05) is 41.4 Å². The first-order chi connectivity index (χ1) is 13.5. The molecule has 0 spiro atoms. The topological polar surface area (TPSA) is 40.5 Å². The van der Waals surface area contributed by atoms with Gasteiger partial charge < -0.3 is 5.11 Å². The number of halogens is 2. The molecule has 0 aromatic heterocycles. The number of Topliss-reactive ketones (excluding diaryl/α,β-unsaturated/α-hetero) is 1. The number of carbonyl (C=O) groups is 1. The SMILES string of the molecule is CC1C2=C(CCN1C(CO)C(=O)Cc1cccc(Cl)c1)c1cc(Cl)ccc1C2. The van der Waals surface area contributed by atoms with Crippen LogP contribution in [0.4, 0.5) is 0 Å². The van der Waals surface area contributed by atoms with Crippen molar-refractivity contribution in [2.75, 3.05) is 13.2 Å². The Labute approximate surface area is 175 Å². The second-order valence-electron chi connectivity index (χ2n) is 7.62. The molecule has 1 N–H and O–H groups in total. The summed E-state index contributed by atoms with van der Waals surface area (Å²) in [4.78, 5) is 15.1. The summed E-state index contributed by atoms with van der Waals surface area (Å²) in [6.45, 7) is 2.71. The molecule has 1 heterocycles. The van der Waals surface area contributed by atoms with Gasteiger partial charge in [-0.15, -0.1) is 0 Å². The second-order valence-corrected chi connectivity index (χ2v) is 8.49. The van der Waals surface area contributed by atoms with Crippen LogP contribution in [-0.4, -0.2) is 41.0 Å². The predicted molar refractivity (Wildman–Crippen MR) is 114 cm³/mol. The summed E-state index contributed by atoms with van der Waals surface area (Å²) in [5, 5.41) is 11.4. The Morgan fingerprint density at radius 1 is 1.21 bits per heavy atom. The zero-order valence-corrected chi connectivity index (χ0v) is 17.3. The Morgan fingerprint density at radius 3 is 2.75 bits per heavy atom. The van der Waals surface area contributed by atoms with Gasteiger partial charge in [0.25, 0.3) is 0 Å². The molecule has 0 fully saturated rings. The number of carbonyl (C=O) groups excluding carboxylic acids is 1.